The quantitative estimate of drug-likeness (QED) is 0.0197. The van der Waals surface area contributed by atoms with Gasteiger partial charge in [-0.1, -0.05) is 286 Å². The average Bonchev–Trinajstić information content (AvgIpc) is 3.43. The van der Waals surface area contributed by atoms with Crippen LogP contribution in [0.4, 0.5) is 0 Å². The molecule has 452 valence electrons. The first-order valence-electron chi connectivity index (χ1n) is 31.8. The van der Waals surface area contributed by atoms with Crippen molar-refractivity contribution in [1.29, 1.82) is 0 Å². The molecule has 0 spiro atoms. The molecule has 0 aliphatic carbocycles. The predicted octanol–water partition coefficient (Wildman–Crippen LogP) is 19.3. The van der Waals surface area contributed by atoms with E-state index in [-0.39, 0.29) is 25.9 Å². The molecular weight excluding hydrogens is 1000 g/mol. The normalized spacial score (nSPS) is 13.8. The highest BCUT2D eigenvalue weighted by Gasteiger charge is 2.28. The van der Waals surface area contributed by atoms with E-state index in [2.05, 4.69) is 81.5 Å². The Balaban J connectivity index is 4.78. The molecule has 11 nitrogen and oxygen atoms in total. The van der Waals surface area contributed by atoms with Crippen LogP contribution in [0.15, 0.2) is 72.9 Å². The Labute approximate surface area is 478 Å². The molecule has 0 amide bonds. The lowest BCUT2D eigenvalue weighted by atomic mass is 10.0. The number of phosphoric ester groups is 1. The molecule has 0 aliphatic heterocycles. The van der Waals surface area contributed by atoms with E-state index in [1.807, 2.05) is 12.2 Å². The summed E-state index contributed by atoms with van der Waals surface area (Å²) in [6.07, 6.45) is 68.7. The minimum atomic E-state index is -4.77. The molecule has 3 atom stereocenters. The summed E-state index contributed by atoms with van der Waals surface area (Å²) in [7, 11) is -4.77. The van der Waals surface area contributed by atoms with E-state index in [9.17, 15) is 28.9 Å². The Kier molecular flexibility index (Phi) is 57.7. The molecule has 2 N–H and O–H groups in total. The van der Waals surface area contributed by atoms with Gasteiger partial charge in [-0.15, -0.1) is 0 Å². The maximum atomic E-state index is 12.9. The van der Waals surface area contributed by atoms with Crippen LogP contribution in [0.25, 0.3) is 0 Å². The number of allylic oxidation sites excluding steroid dienone is 12. The molecule has 78 heavy (non-hydrogen) atoms. The molecular formula is C66H117O11P. The maximum Gasteiger partial charge on any atom is 0.472 e. The van der Waals surface area contributed by atoms with Crippen molar-refractivity contribution in [3.05, 3.63) is 72.9 Å². The van der Waals surface area contributed by atoms with Crippen LogP contribution < -0.4 is 0 Å². The van der Waals surface area contributed by atoms with Crippen LogP contribution >= 0.6 is 7.82 Å². The van der Waals surface area contributed by atoms with Crippen molar-refractivity contribution in [3.63, 3.8) is 0 Å². The number of esters is 3. The summed E-state index contributed by atoms with van der Waals surface area (Å²) >= 11 is 0. The smallest absolute Gasteiger partial charge is 0.462 e. The van der Waals surface area contributed by atoms with Gasteiger partial charge in [-0.3, -0.25) is 23.4 Å². The highest BCUT2D eigenvalue weighted by molar-refractivity contribution is 7.47. The molecule has 0 radical (unpaired) electrons. The fourth-order valence-electron chi connectivity index (χ4n) is 8.86. The van der Waals surface area contributed by atoms with Gasteiger partial charge in [0.1, 0.15) is 12.7 Å². The Hall–Kier alpha value is -3.08. The van der Waals surface area contributed by atoms with Crippen molar-refractivity contribution in [3.8, 4) is 0 Å². The molecule has 0 fully saturated rings. The first-order chi connectivity index (χ1) is 38.2. The number of phosphoric acid groups is 1. The van der Waals surface area contributed by atoms with Crippen molar-refractivity contribution in [1.82, 2.24) is 0 Å². The topological polar surface area (TPSA) is 155 Å². The van der Waals surface area contributed by atoms with Crippen molar-refractivity contribution in [2.24, 2.45) is 0 Å². The minimum absolute atomic E-state index is 0.102. The SMILES string of the molecule is CC/C=C\C/C=C\C/C=C\C/C=C\C/C=C\C/C=C\CCC(=O)OCC(COP(=O)(O)OCC(CO)OC(=O)CCCCCCCCCCCCCCC)OC(=O)CCCCCCCCCCCCCCCCCCCCC. The van der Waals surface area contributed by atoms with Crippen LogP contribution in [0.3, 0.4) is 0 Å². The molecule has 0 bridgehead atoms. The first kappa shape index (κ1) is 74.9. The number of carbonyl (C=O) groups is 3. The fourth-order valence-corrected chi connectivity index (χ4v) is 9.64. The maximum absolute atomic E-state index is 12.9. The molecule has 3 unspecified atom stereocenters. The van der Waals surface area contributed by atoms with Crippen LogP contribution in [-0.4, -0.2) is 66.5 Å². The Morgan fingerprint density at radius 3 is 1.00 bits per heavy atom. The summed E-state index contributed by atoms with van der Waals surface area (Å²) in [5.74, 6) is -1.55. The number of carbonyl (C=O) groups excluding carboxylic acids is 3. The summed E-state index contributed by atoms with van der Waals surface area (Å²) < 4.78 is 39.6. The van der Waals surface area contributed by atoms with Gasteiger partial charge in [-0.05, 0) is 57.8 Å². The zero-order valence-corrected chi connectivity index (χ0v) is 51.0. The Bertz CT molecular complexity index is 1590. The molecule has 0 heterocycles. The highest BCUT2D eigenvalue weighted by atomic mass is 31.2. The van der Waals surface area contributed by atoms with E-state index in [0.29, 0.717) is 19.3 Å². The van der Waals surface area contributed by atoms with Gasteiger partial charge in [0.15, 0.2) is 6.10 Å². The summed E-state index contributed by atoms with van der Waals surface area (Å²) in [5, 5.41) is 9.83. The Morgan fingerprint density at radius 2 is 0.667 bits per heavy atom. The largest absolute Gasteiger partial charge is 0.472 e. The van der Waals surface area contributed by atoms with Gasteiger partial charge in [0.05, 0.1) is 19.8 Å². The zero-order chi connectivity index (χ0) is 56.9. The molecule has 0 rings (SSSR count). The summed E-state index contributed by atoms with van der Waals surface area (Å²) in [6, 6.07) is 0. The van der Waals surface area contributed by atoms with Gasteiger partial charge in [-0.2, -0.15) is 0 Å². The van der Waals surface area contributed by atoms with Crippen LogP contribution in [0.1, 0.15) is 290 Å². The van der Waals surface area contributed by atoms with E-state index in [1.165, 1.54) is 154 Å². The third-order valence-electron chi connectivity index (χ3n) is 13.7. The number of aliphatic hydroxyl groups is 1. The van der Waals surface area contributed by atoms with Crippen molar-refractivity contribution in [2.45, 2.75) is 303 Å². The van der Waals surface area contributed by atoms with Crippen LogP contribution in [0.2, 0.25) is 0 Å². The fraction of sp³-hybridized carbons (Fsp3) is 0.773. The summed E-state index contributed by atoms with van der Waals surface area (Å²) in [6.45, 7) is 4.50. The van der Waals surface area contributed by atoms with Gasteiger partial charge in [-0.25, -0.2) is 4.57 Å². The van der Waals surface area contributed by atoms with Crippen molar-refractivity contribution < 1.29 is 52.2 Å². The molecule has 0 saturated carbocycles. The predicted molar refractivity (Wildman–Crippen MR) is 325 cm³/mol. The second kappa shape index (κ2) is 60.0. The lowest BCUT2D eigenvalue weighted by Gasteiger charge is -2.21. The first-order valence-corrected chi connectivity index (χ1v) is 33.3. The lowest BCUT2D eigenvalue weighted by molar-refractivity contribution is -0.161. The number of hydrogen-bond acceptors (Lipinski definition) is 10. The van der Waals surface area contributed by atoms with Gasteiger partial charge in [0, 0.05) is 19.3 Å². The van der Waals surface area contributed by atoms with E-state index in [1.54, 1.807) is 0 Å². The average molecular weight is 1120 g/mol. The number of ether oxygens (including phenoxy) is 3. The standard InChI is InChI=1S/C66H117O11P/c1-4-7-10-13-16-19-22-25-27-29-31-33-35-38-40-43-46-49-52-55-64(68)73-59-63(77-66(70)57-54-51-48-45-42-39-36-34-32-30-28-26-23-20-17-14-11-8-5-2)61-75-78(71,72)74-60-62(58-67)76-65(69)56-53-50-47-44-41-37-24-21-18-15-12-9-6-3/h7,10,16,19,25,27,31,33,38,40,46,49,62-63,67H,4-6,8-9,11-15,17-18,20-24,26,28-30,32,34-37,39,41-45,47-48,50-61H2,1-3H3,(H,71,72)/b10-7-,19-16-,27-25-,33-31-,40-38-,49-46-. The van der Waals surface area contributed by atoms with Crippen LogP contribution in [0.5, 0.6) is 0 Å². The number of aliphatic hydroxyl groups excluding tert-OH is 1. The number of rotatable bonds is 59. The van der Waals surface area contributed by atoms with E-state index < -0.39 is 57.8 Å². The number of unbranched alkanes of at least 4 members (excludes halogenated alkanes) is 30. The van der Waals surface area contributed by atoms with Gasteiger partial charge >= 0.3 is 25.7 Å². The molecule has 12 heteroatoms. The molecule has 0 aromatic heterocycles. The molecule has 0 aliphatic rings. The number of hydrogen-bond donors (Lipinski definition) is 2. The van der Waals surface area contributed by atoms with Crippen molar-refractivity contribution in [2.75, 3.05) is 26.4 Å². The minimum Gasteiger partial charge on any atom is -0.462 e. The van der Waals surface area contributed by atoms with Crippen molar-refractivity contribution >= 4 is 25.7 Å². The van der Waals surface area contributed by atoms with Gasteiger partial charge in [0.25, 0.3) is 0 Å². The monoisotopic (exact) mass is 1120 g/mol. The third-order valence-corrected chi connectivity index (χ3v) is 14.6. The zero-order valence-electron chi connectivity index (χ0n) is 50.1. The van der Waals surface area contributed by atoms with E-state index >= 15 is 0 Å². The second-order valence-electron chi connectivity index (χ2n) is 21.2. The van der Waals surface area contributed by atoms with Crippen LogP contribution in [-0.2, 0) is 42.2 Å². The molecule has 0 aromatic carbocycles. The molecule has 0 aromatic rings. The van der Waals surface area contributed by atoms with E-state index in [0.717, 1.165) is 77.0 Å². The summed E-state index contributed by atoms with van der Waals surface area (Å²) in [5.41, 5.74) is 0. The third kappa shape index (κ3) is 57.6. The van der Waals surface area contributed by atoms with Crippen LogP contribution in [0, 0.1) is 0 Å². The van der Waals surface area contributed by atoms with Gasteiger partial charge < -0.3 is 24.2 Å². The lowest BCUT2D eigenvalue weighted by Crippen LogP contribution is -2.30. The van der Waals surface area contributed by atoms with Gasteiger partial charge in [0.2, 0.25) is 0 Å². The van der Waals surface area contributed by atoms with E-state index in [4.69, 9.17) is 23.3 Å². The Morgan fingerprint density at radius 1 is 0.372 bits per heavy atom. The highest BCUT2D eigenvalue weighted by Crippen LogP contribution is 2.43. The second-order valence-corrected chi connectivity index (χ2v) is 22.7. The molecule has 0 saturated heterocycles. The summed E-state index contributed by atoms with van der Waals surface area (Å²) in [4.78, 5) is 48.7.